The summed E-state index contributed by atoms with van der Waals surface area (Å²) in [4.78, 5) is 35.1. The number of nitro groups is 1. The second-order valence-corrected chi connectivity index (χ2v) is 7.00. The molecular formula is C18H23ClN2O5. The van der Waals surface area contributed by atoms with E-state index in [1.165, 1.54) is 31.7 Å². The molecule has 26 heavy (non-hydrogen) atoms. The zero-order valence-electron chi connectivity index (χ0n) is 14.8. The summed E-state index contributed by atoms with van der Waals surface area (Å²) >= 11 is 5.99. The molecule has 2 rings (SSSR count). The molecule has 7 nitrogen and oxygen atoms in total. The van der Waals surface area contributed by atoms with E-state index in [0.29, 0.717) is 25.0 Å². The van der Waals surface area contributed by atoms with E-state index in [1.54, 1.807) is 4.90 Å². The van der Waals surface area contributed by atoms with Gasteiger partial charge in [0.2, 0.25) is 5.91 Å². The van der Waals surface area contributed by atoms with E-state index in [0.717, 1.165) is 12.6 Å². The van der Waals surface area contributed by atoms with Crippen LogP contribution in [0.4, 0.5) is 5.69 Å². The number of hydrogen-bond acceptors (Lipinski definition) is 5. The van der Waals surface area contributed by atoms with Crippen molar-refractivity contribution in [3.63, 3.8) is 0 Å². The van der Waals surface area contributed by atoms with Gasteiger partial charge in [-0.3, -0.25) is 19.7 Å². The maximum absolute atomic E-state index is 12.2. The van der Waals surface area contributed by atoms with Gasteiger partial charge in [-0.1, -0.05) is 24.4 Å². The molecule has 1 aromatic carbocycles. The summed E-state index contributed by atoms with van der Waals surface area (Å²) < 4.78 is 5.47. The molecule has 0 aromatic heterocycles. The second kappa shape index (κ2) is 9.52. The Balaban J connectivity index is 1.81. The number of hydrogen-bond donors (Lipinski definition) is 0. The lowest BCUT2D eigenvalue weighted by molar-refractivity contribution is -0.385. The van der Waals surface area contributed by atoms with Gasteiger partial charge in [-0.2, -0.15) is 0 Å². The third-order valence-electron chi connectivity index (χ3n) is 4.63. The topological polar surface area (TPSA) is 89.8 Å². The van der Waals surface area contributed by atoms with Crippen molar-refractivity contribution in [1.82, 2.24) is 4.90 Å². The first-order valence-corrected chi connectivity index (χ1v) is 9.10. The number of amides is 1. The van der Waals surface area contributed by atoms with Crippen molar-refractivity contribution in [2.24, 2.45) is 5.92 Å². The first-order valence-electron chi connectivity index (χ1n) is 8.72. The summed E-state index contributed by atoms with van der Waals surface area (Å²) in [6.45, 7) is 1.01. The average Bonchev–Trinajstić information content (AvgIpc) is 3.11. The fourth-order valence-electron chi connectivity index (χ4n) is 3.20. The molecule has 0 unspecified atom stereocenters. The minimum Gasteiger partial charge on any atom is -0.492 e. The van der Waals surface area contributed by atoms with Gasteiger partial charge >= 0.3 is 0 Å². The summed E-state index contributed by atoms with van der Waals surface area (Å²) in [7, 11) is 1.82. The van der Waals surface area contributed by atoms with E-state index >= 15 is 0 Å². The maximum Gasteiger partial charge on any atom is 0.283 e. The highest BCUT2D eigenvalue weighted by Gasteiger charge is 2.20. The molecule has 8 heteroatoms. The predicted molar refractivity (Wildman–Crippen MR) is 97.8 cm³/mol. The lowest BCUT2D eigenvalue weighted by Crippen LogP contribution is -2.31. The van der Waals surface area contributed by atoms with E-state index in [-0.39, 0.29) is 34.5 Å². The maximum atomic E-state index is 12.2. The predicted octanol–water partition coefficient (Wildman–Crippen LogP) is 3.87. The summed E-state index contributed by atoms with van der Waals surface area (Å²) in [5, 5.41) is 11.1. The zero-order chi connectivity index (χ0) is 19.1. The summed E-state index contributed by atoms with van der Waals surface area (Å²) in [5.74, 6) is 0.806. The number of aldehydes is 1. The van der Waals surface area contributed by atoms with Gasteiger partial charge in [-0.05, 0) is 31.2 Å². The number of benzene rings is 1. The van der Waals surface area contributed by atoms with Crippen molar-refractivity contribution in [2.45, 2.75) is 38.5 Å². The van der Waals surface area contributed by atoms with Crippen LogP contribution in [0.15, 0.2) is 12.1 Å². The van der Waals surface area contributed by atoms with Gasteiger partial charge in [0.05, 0.1) is 28.2 Å². The number of ether oxygens (including phenoxy) is 1. The Bertz CT molecular complexity index is 674. The van der Waals surface area contributed by atoms with Gasteiger partial charge in [0.25, 0.3) is 5.69 Å². The van der Waals surface area contributed by atoms with Crippen molar-refractivity contribution in [3.8, 4) is 5.75 Å². The minimum atomic E-state index is -0.658. The van der Waals surface area contributed by atoms with Crippen molar-refractivity contribution in [2.75, 3.05) is 20.2 Å². The third kappa shape index (κ3) is 5.42. The molecular weight excluding hydrogens is 360 g/mol. The molecule has 0 spiro atoms. The highest BCUT2D eigenvalue weighted by Crippen LogP contribution is 2.32. The number of nitrogens with zero attached hydrogens (tertiary/aromatic N) is 2. The molecule has 1 fully saturated rings. The molecule has 0 aliphatic heterocycles. The number of carbonyl (C=O) groups is 2. The summed E-state index contributed by atoms with van der Waals surface area (Å²) in [6.07, 6.45) is 6.08. The Morgan fingerprint density at radius 1 is 1.42 bits per heavy atom. The molecule has 0 N–H and O–H groups in total. The molecule has 1 aliphatic rings. The highest BCUT2D eigenvalue weighted by atomic mass is 35.5. The fourth-order valence-corrected chi connectivity index (χ4v) is 3.43. The van der Waals surface area contributed by atoms with Gasteiger partial charge in [-0.15, -0.1) is 0 Å². The lowest BCUT2D eigenvalue weighted by atomic mass is 10.1. The Labute approximate surface area is 157 Å². The first-order chi connectivity index (χ1) is 12.4. The Kier molecular flexibility index (Phi) is 7.38. The van der Waals surface area contributed by atoms with Crippen LogP contribution in [0.5, 0.6) is 5.75 Å². The largest absolute Gasteiger partial charge is 0.492 e. The van der Waals surface area contributed by atoms with Crippen molar-refractivity contribution >= 4 is 29.5 Å². The number of halogens is 1. The number of nitro benzene ring substituents is 1. The van der Waals surface area contributed by atoms with Gasteiger partial charge in [0.15, 0.2) is 6.29 Å². The van der Waals surface area contributed by atoms with Crippen LogP contribution in [-0.2, 0) is 4.79 Å². The quantitative estimate of drug-likeness (QED) is 0.280. The van der Waals surface area contributed by atoms with Crippen LogP contribution in [-0.4, -0.2) is 42.2 Å². The van der Waals surface area contributed by atoms with Crippen LogP contribution in [0.3, 0.4) is 0 Å². The Morgan fingerprint density at radius 2 is 2.12 bits per heavy atom. The van der Waals surface area contributed by atoms with E-state index in [4.69, 9.17) is 16.3 Å². The number of rotatable bonds is 9. The van der Waals surface area contributed by atoms with E-state index in [1.807, 2.05) is 7.05 Å². The molecule has 142 valence electrons. The molecule has 1 aromatic rings. The van der Waals surface area contributed by atoms with E-state index < -0.39 is 4.92 Å². The molecule has 0 bridgehead atoms. The van der Waals surface area contributed by atoms with Crippen molar-refractivity contribution in [3.05, 3.63) is 32.8 Å². The first kappa shape index (κ1) is 20.2. The van der Waals surface area contributed by atoms with Crippen molar-refractivity contribution < 1.29 is 19.2 Å². The zero-order valence-corrected chi connectivity index (χ0v) is 15.5. The van der Waals surface area contributed by atoms with Gasteiger partial charge in [0, 0.05) is 20.0 Å². The van der Waals surface area contributed by atoms with Crippen molar-refractivity contribution in [1.29, 1.82) is 0 Å². The molecule has 1 aliphatic carbocycles. The SMILES string of the molecule is CN(CC1CCCC1)C(=O)CCCOc1cc([N+](=O)[O-])c(C=O)cc1Cl. The normalized spacial score (nSPS) is 14.2. The molecule has 1 amide bonds. The van der Waals surface area contributed by atoms with Gasteiger partial charge in [-0.25, -0.2) is 0 Å². The van der Waals surface area contributed by atoms with Gasteiger partial charge < -0.3 is 9.64 Å². The Hall–Kier alpha value is -2.15. The van der Waals surface area contributed by atoms with Crippen LogP contribution in [0.2, 0.25) is 5.02 Å². The third-order valence-corrected chi connectivity index (χ3v) is 4.93. The smallest absolute Gasteiger partial charge is 0.283 e. The summed E-state index contributed by atoms with van der Waals surface area (Å²) in [6, 6.07) is 2.35. The monoisotopic (exact) mass is 382 g/mol. The van der Waals surface area contributed by atoms with E-state index in [2.05, 4.69) is 0 Å². The van der Waals surface area contributed by atoms with Crippen LogP contribution in [0.1, 0.15) is 48.9 Å². The Morgan fingerprint density at radius 3 is 2.73 bits per heavy atom. The van der Waals surface area contributed by atoms with Crippen LogP contribution < -0.4 is 4.74 Å². The average molecular weight is 383 g/mol. The van der Waals surface area contributed by atoms with Crippen LogP contribution in [0, 0.1) is 16.0 Å². The van der Waals surface area contributed by atoms with Crippen LogP contribution >= 0.6 is 11.6 Å². The van der Waals surface area contributed by atoms with Gasteiger partial charge in [0.1, 0.15) is 5.75 Å². The van der Waals surface area contributed by atoms with Crippen LogP contribution in [0.25, 0.3) is 0 Å². The molecule has 0 saturated heterocycles. The molecule has 0 radical (unpaired) electrons. The standard InChI is InChI=1S/C18H23ClN2O5/c1-20(11-13-5-2-3-6-13)18(23)7-4-8-26-17-10-16(21(24)25)14(12-22)9-15(17)19/h9-10,12-13H,2-8,11H2,1H3. The fraction of sp³-hybridized carbons (Fsp3) is 0.556. The minimum absolute atomic E-state index is 0.0638. The summed E-state index contributed by atoms with van der Waals surface area (Å²) in [5.41, 5.74) is -0.456. The number of carbonyl (C=O) groups excluding carboxylic acids is 2. The highest BCUT2D eigenvalue weighted by molar-refractivity contribution is 6.32. The second-order valence-electron chi connectivity index (χ2n) is 6.59. The lowest BCUT2D eigenvalue weighted by Gasteiger charge is -2.21. The molecule has 0 atom stereocenters. The van der Waals surface area contributed by atoms with E-state index in [9.17, 15) is 19.7 Å². The molecule has 0 heterocycles. The molecule has 1 saturated carbocycles.